The van der Waals surface area contributed by atoms with Crippen molar-refractivity contribution in [2.75, 3.05) is 13.1 Å². The molecule has 1 aromatic rings. The predicted molar refractivity (Wildman–Crippen MR) is 134 cm³/mol. The molecule has 0 aliphatic carbocycles. The number of rotatable bonds is 13. The zero-order chi connectivity index (χ0) is 27.7. The van der Waals surface area contributed by atoms with Gasteiger partial charge in [-0.3, -0.25) is 19.2 Å². The van der Waals surface area contributed by atoms with Gasteiger partial charge >= 0.3 is 5.97 Å². The van der Waals surface area contributed by atoms with Gasteiger partial charge in [-0.25, -0.2) is 9.78 Å². The van der Waals surface area contributed by atoms with Crippen LogP contribution in [0.4, 0.5) is 0 Å². The van der Waals surface area contributed by atoms with E-state index >= 15 is 0 Å². The number of aliphatic carboxylic acids is 1. The first-order valence-corrected chi connectivity index (χ1v) is 12.5. The van der Waals surface area contributed by atoms with Gasteiger partial charge in [-0.1, -0.05) is 27.7 Å². The molecular formula is C24H39N7O6. The van der Waals surface area contributed by atoms with Crippen LogP contribution in [0.25, 0.3) is 0 Å². The van der Waals surface area contributed by atoms with E-state index in [1.54, 1.807) is 0 Å². The number of aromatic amines is 1. The van der Waals surface area contributed by atoms with Crippen LogP contribution >= 0.6 is 0 Å². The standard InChI is InChI=1S/C24H39N7O6/c1-13(2)8-16(21(33)30-17(24(36)37)9-15-10-26-12-28-15)29-19(32)11-27-22(34)18-6-5-7-31(18)23(35)20(25)14(3)4/h10,12-14,16-18,20H,5-9,11,25H2,1-4H3,(H,26,28)(H,27,34)(H,29,32)(H,30,33)(H,36,37)/t16-,17-,18-,20-/m0/s1. The summed E-state index contributed by atoms with van der Waals surface area (Å²) >= 11 is 0. The summed E-state index contributed by atoms with van der Waals surface area (Å²) in [5, 5.41) is 17.1. The maximum Gasteiger partial charge on any atom is 0.326 e. The second-order valence-corrected chi connectivity index (χ2v) is 10.1. The lowest BCUT2D eigenvalue weighted by Crippen LogP contribution is -2.55. The molecule has 0 radical (unpaired) electrons. The fourth-order valence-electron chi connectivity index (χ4n) is 4.10. The van der Waals surface area contributed by atoms with Crippen LogP contribution in [0.3, 0.4) is 0 Å². The average molecular weight is 522 g/mol. The minimum absolute atomic E-state index is 0.00342. The van der Waals surface area contributed by atoms with Crippen molar-refractivity contribution >= 4 is 29.6 Å². The number of nitrogens with two attached hydrogens (primary N) is 1. The number of hydrogen-bond donors (Lipinski definition) is 6. The molecule has 0 aromatic carbocycles. The van der Waals surface area contributed by atoms with Crippen LogP contribution in [0, 0.1) is 11.8 Å². The largest absolute Gasteiger partial charge is 0.480 e. The molecule has 1 aromatic heterocycles. The van der Waals surface area contributed by atoms with Crippen LogP contribution in [-0.2, 0) is 30.4 Å². The van der Waals surface area contributed by atoms with Crippen molar-refractivity contribution in [1.29, 1.82) is 0 Å². The van der Waals surface area contributed by atoms with Crippen LogP contribution in [0.5, 0.6) is 0 Å². The number of amides is 4. The third-order valence-electron chi connectivity index (χ3n) is 6.22. The van der Waals surface area contributed by atoms with E-state index in [2.05, 4.69) is 25.9 Å². The number of carbonyl (C=O) groups excluding carboxylic acids is 4. The smallest absolute Gasteiger partial charge is 0.326 e. The number of imidazole rings is 1. The van der Waals surface area contributed by atoms with Crippen LogP contribution in [0.15, 0.2) is 12.5 Å². The van der Waals surface area contributed by atoms with Crippen molar-refractivity contribution in [3.8, 4) is 0 Å². The summed E-state index contributed by atoms with van der Waals surface area (Å²) in [5.74, 6) is -3.30. The Labute approximate surface area is 216 Å². The van der Waals surface area contributed by atoms with Crippen molar-refractivity contribution in [3.05, 3.63) is 18.2 Å². The number of carbonyl (C=O) groups is 5. The van der Waals surface area contributed by atoms with Gasteiger partial charge in [0.25, 0.3) is 0 Å². The second-order valence-electron chi connectivity index (χ2n) is 10.1. The molecule has 1 aliphatic heterocycles. The van der Waals surface area contributed by atoms with Gasteiger partial charge in [-0.05, 0) is 31.1 Å². The molecule has 1 fully saturated rings. The Morgan fingerprint density at radius 3 is 2.43 bits per heavy atom. The number of carboxylic acids is 1. The summed E-state index contributed by atoms with van der Waals surface area (Å²) in [7, 11) is 0. The highest BCUT2D eigenvalue weighted by Crippen LogP contribution is 2.19. The van der Waals surface area contributed by atoms with Crippen molar-refractivity contribution in [2.24, 2.45) is 17.6 Å². The molecule has 0 unspecified atom stereocenters. The summed E-state index contributed by atoms with van der Waals surface area (Å²) in [6.45, 7) is 7.41. The number of nitrogens with one attached hydrogen (secondary N) is 4. The van der Waals surface area contributed by atoms with E-state index < -0.39 is 54.4 Å². The normalized spacial score (nSPS) is 17.8. The van der Waals surface area contributed by atoms with Gasteiger partial charge in [0, 0.05) is 24.9 Å². The number of hydrogen-bond acceptors (Lipinski definition) is 7. The molecule has 37 heavy (non-hydrogen) atoms. The molecule has 2 heterocycles. The van der Waals surface area contributed by atoms with E-state index in [0.717, 1.165) is 0 Å². The van der Waals surface area contributed by atoms with Crippen LogP contribution in [0.2, 0.25) is 0 Å². The highest BCUT2D eigenvalue weighted by molar-refractivity contribution is 5.94. The summed E-state index contributed by atoms with van der Waals surface area (Å²) < 4.78 is 0. The zero-order valence-corrected chi connectivity index (χ0v) is 21.8. The SMILES string of the molecule is CC(C)C[C@H](NC(=O)CNC(=O)[C@@H]1CCCN1C(=O)[C@@H](N)C(C)C)C(=O)N[C@@H](Cc1cnc[nH]1)C(=O)O. The van der Waals surface area contributed by atoms with Gasteiger partial charge in [0.1, 0.15) is 18.1 Å². The lowest BCUT2D eigenvalue weighted by atomic mass is 10.0. The number of nitrogens with zero attached hydrogens (tertiary/aromatic N) is 2. The summed E-state index contributed by atoms with van der Waals surface area (Å²) in [4.78, 5) is 70.6. The third kappa shape index (κ3) is 8.85. The molecule has 206 valence electrons. The zero-order valence-electron chi connectivity index (χ0n) is 21.8. The Morgan fingerprint density at radius 2 is 1.86 bits per heavy atom. The first-order chi connectivity index (χ1) is 17.4. The topological polar surface area (TPSA) is 200 Å². The molecule has 1 saturated heterocycles. The van der Waals surface area contributed by atoms with E-state index in [1.165, 1.54) is 17.4 Å². The molecular weight excluding hydrogens is 482 g/mol. The summed E-state index contributed by atoms with van der Waals surface area (Å²) in [6, 6.07) is -3.64. The number of H-pyrrole nitrogens is 1. The summed E-state index contributed by atoms with van der Waals surface area (Å²) in [6.07, 6.45) is 4.26. The molecule has 13 heteroatoms. The Morgan fingerprint density at radius 1 is 1.16 bits per heavy atom. The van der Waals surface area contributed by atoms with Crippen molar-refractivity contribution in [3.63, 3.8) is 0 Å². The van der Waals surface area contributed by atoms with E-state index in [4.69, 9.17) is 5.73 Å². The average Bonchev–Trinajstić information content (AvgIpc) is 3.52. The van der Waals surface area contributed by atoms with Gasteiger partial charge < -0.3 is 36.7 Å². The quantitative estimate of drug-likeness (QED) is 0.193. The van der Waals surface area contributed by atoms with Crippen molar-refractivity contribution < 1.29 is 29.1 Å². The summed E-state index contributed by atoms with van der Waals surface area (Å²) in [5.41, 5.74) is 6.51. The first kappa shape index (κ1) is 29.7. The predicted octanol–water partition coefficient (Wildman–Crippen LogP) is -0.857. The Hall–Kier alpha value is -3.48. The van der Waals surface area contributed by atoms with Crippen molar-refractivity contribution in [2.45, 2.75) is 77.5 Å². The molecule has 1 aliphatic rings. The molecule has 4 atom stereocenters. The van der Waals surface area contributed by atoms with E-state index in [1.807, 2.05) is 27.7 Å². The highest BCUT2D eigenvalue weighted by Gasteiger charge is 2.37. The second kappa shape index (κ2) is 13.7. The minimum atomic E-state index is -1.22. The molecule has 13 nitrogen and oxygen atoms in total. The van der Waals surface area contributed by atoms with Gasteiger partial charge in [-0.2, -0.15) is 0 Å². The molecule has 7 N–H and O–H groups in total. The number of aromatic nitrogens is 2. The van der Waals surface area contributed by atoms with Gasteiger partial charge in [0.2, 0.25) is 23.6 Å². The molecule has 4 amide bonds. The molecule has 2 rings (SSSR count). The lowest BCUT2D eigenvalue weighted by molar-refractivity contribution is -0.142. The van der Waals surface area contributed by atoms with Crippen molar-refractivity contribution in [1.82, 2.24) is 30.8 Å². The maximum absolute atomic E-state index is 12.9. The van der Waals surface area contributed by atoms with Crippen LogP contribution in [0.1, 0.15) is 52.7 Å². The first-order valence-electron chi connectivity index (χ1n) is 12.5. The van der Waals surface area contributed by atoms with Crippen LogP contribution < -0.4 is 21.7 Å². The lowest BCUT2D eigenvalue weighted by Gasteiger charge is -2.28. The fourth-order valence-corrected chi connectivity index (χ4v) is 4.10. The van der Waals surface area contributed by atoms with E-state index in [9.17, 15) is 29.1 Å². The van der Waals surface area contributed by atoms with Crippen LogP contribution in [-0.4, -0.2) is 86.8 Å². The number of likely N-dealkylation sites (tertiary alicyclic amines) is 1. The van der Waals surface area contributed by atoms with E-state index in [0.29, 0.717) is 25.1 Å². The van der Waals surface area contributed by atoms with E-state index in [-0.39, 0.29) is 30.6 Å². The highest BCUT2D eigenvalue weighted by atomic mass is 16.4. The van der Waals surface area contributed by atoms with Gasteiger partial charge in [-0.15, -0.1) is 0 Å². The third-order valence-corrected chi connectivity index (χ3v) is 6.22. The Balaban J connectivity index is 1.96. The minimum Gasteiger partial charge on any atom is -0.480 e. The Bertz CT molecular complexity index is 949. The Kier molecular flexibility index (Phi) is 11.0. The fraction of sp³-hybridized carbons (Fsp3) is 0.667. The van der Waals surface area contributed by atoms with Gasteiger partial charge in [0.15, 0.2) is 0 Å². The molecule has 0 bridgehead atoms. The molecule has 0 spiro atoms. The van der Waals surface area contributed by atoms with Gasteiger partial charge in [0.05, 0.1) is 18.9 Å². The monoisotopic (exact) mass is 521 g/mol. The number of carboxylic acid groups (broad SMARTS) is 1. The molecule has 0 saturated carbocycles. The maximum atomic E-state index is 12.9.